The molecule has 1 rings (SSSR count). The minimum absolute atomic E-state index is 0.0759. The molecule has 4 heteroatoms. The Morgan fingerprint density at radius 2 is 1.74 bits per heavy atom. The van der Waals surface area contributed by atoms with Gasteiger partial charge in [-0.15, -0.1) is 0 Å². The molecule has 4 nitrogen and oxygen atoms in total. The summed E-state index contributed by atoms with van der Waals surface area (Å²) in [5, 5.41) is 12.2. The fraction of sp³-hybridized carbons (Fsp3) is 0.867. The molecule has 19 heavy (non-hydrogen) atoms. The molecule has 0 aliphatic heterocycles. The van der Waals surface area contributed by atoms with Crippen LogP contribution in [0.5, 0.6) is 0 Å². The van der Waals surface area contributed by atoms with Gasteiger partial charge in [-0.2, -0.15) is 0 Å². The topological polar surface area (TPSA) is 66.4 Å². The average Bonchev–Trinajstić information content (AvgIpc) is 2.69. The van der Waals surface area contributed by atoms with Crippen molar-refractivity contribution in [2.24, 2.45) is 23.7 Å². The second-order valence-electron chi connectivity index (χ2n) is 6.51. The summed E-state index contributed by atoms with van der Waals surface area (Å²) in [5.41, 5.74) is 0. The van der Waals surface area contributed by atoms with Gasteiger partial charge in [0.1, 0.15) is 0 Å². The zero-order valence-corrected chi connectivity index (χ0v) is 12.5. The van der Waals surface area contributed by atoms with E-state index in [1.807, 2.05) is 13.8 Å². The van der Waals surface area contributed by atoms with Gasteiger partial charge >= 0.3 is 5.97 Å². The van der Waals surface area contributed by atoms with Crippen molar-refractivity contribution in [1.82, 2.24) is 5.32 Å². The van der Waals surface area contributed by atoms with Crippen molar-refractivity contribution in [3.8, 4) is 0 Å². The Morgan fingerprint density at radius 1 is 1.16 bits per heavy atom. The number of carboxylic acids is 1. The van der Waals surface area contributed by atoms with E-state index in [9.17, 15) is 14.7 Å². The Labute approximate surface area is 116 Å². The first-order valence-electron chi connectivity index (χ1n) is 7.34. The zero-order valence-electron chi connectivity index (χ0n) is 12.5. The van der Waals surface area contributed by atoms with E-state index in [-0.39, 0.29) is 17.9 Å². The zero-order chi connectivity index (χ0) is 14.6. The first-order valence-corrected chi connectivity index (χ1v) is 7.34. The van der Waals surface area contributed by atoms with Gasteiger partial charge < -0.3 is 10.4 Å². The maximum absolute atomic E-state index is 12.2. The van der Waals surface area contributed by atoms with Crippen LogP contribution in [0.25, 0.3) is 0 Å². The van der Waals surface area contributed by atoms with Crippen molar-refractivity contribution in [2.45, 2.75) is 59.4 Å². The number of hydrogen-bond donors (Lipinski definition) is 2. The number of amides is 1. The molecular weight excluding hydrogens is 242 g/mol. The lowest BCUT2D eigenvalue weighted by Gasteiger charge is -2.20. The molecule has 2 N–H and O–H groups in total. The minimum atomic E-state index is -0.834. The van der Waals surface area contributed by atoms with E-state index in [1.54, 1.807) is 0 Å². The van der Waals surface area contributed by atoms with Gasteiger partial charge in [0.05, 0.1) is 11.8 Å². The lowest BCUT2D eigenvalue weighted by molar-refractivity contribution is -0.146. The average molecular weight is 269 g/mol. The van der Waals surface area contributed by atoms with E-state index in [4.69, 9.17) is 0 Å². The summed E-state index contributed by atoms with van der Waals surface area (Å²) in [7, 11) is 0. The highest BCUT2D eigenvalue weighted by molar-refractivity contribution is 5.85. The summed E-state index contributed by atoms with van der Waals surface area (Å²) in [6.07, 6.45) is 3.34. The molecule has 0 heterocycles. The van der Waals surface area contributed by atoms with Gasteiger partial charge in [0, 0.05) is 6.04 Å². The normalized spacial score (nSPS) is 28.4. The molecule has 1 aliphatic carbocycles. The molecule has 1 fully saturated rings. The first-order chi connectivity index (χ1) is 8.81. The molecule has 4 atom stereocenters. The lowest BCUT2D eigenvalue weighted by atomic mass is 9.94. The highest BCUT2D eigenvalue weighted by Gasteiger charge is 2.41. The van der Waals surface area contributed by atoms with Crippen molar-refractivity contribution in [1.29, 1.82) is 0 Å². The predicted molar refractivity (Wildman–Crippen MR) is 74.7 cm³/mol. The summed E-state index contributed by atoms with van der Waals surface area (Å²) in [6, 6.07) is 0.125. The largest absolute Gasteiger partial charge is 0.481 e. The highest BCUT2D eigenvalue weighted by atomic mass is 16.4. The summed E-state index contributed by atoms with van der Waals surface area (Å²) < 4.78 is 0. The molecule has 0 aromatic rings. The molecule has 0 bridgehead atoms. The van der Waals surface area contributed by atoms with Crippen LogP contribution in [0.3, 0.4) is 0 Å². The number of nitrogens with one attached hydrogen (secondary N) is 1. The number of rotatable bonds is 6. The Bertz CT molecular complexity index is 327. The molecule has 0 radical (unpaired) electrons. The summed E-state index contributed by atoms with van der Waals surface area (Å²) >= 11 is 0. The Hall–Kier alpha value is -1.06. The van der Waals surface area contributed by atoms with Crippen LogP contribution in [-0.4, -0.2) is 23.0 Å². The third-order valence-electron chi connectivity index (χ3n) is 4.02. The molecular formula is C15H27NO3. The van der Waals surface area contributed by atoms with Crippen LogP contribution >= 0.6 is 0 Å². The van der Waals surface area contributed by atoms with E-state index in [1.165, 1.54) is 0 Å². The van der Waals surface area contributed by atoms with Crippen LogP contribution in [0.2, 0.25) is 0 Å². The SMILES string of the molecule is CC(C)CCC(C)NC(=O)C1CC(C)CC1C(=O)O. The van der Waals surface area contributed by atoms with E-state index in [0.717, 1.165) is 12.8 Å². The summed E-state index contributed by atoms with van der Waals surface area (Å²) in [5.74, 6) is -0.825. The maximum Gasteiger partial charge on any atom is 0.307 e. The van der Waals surface area contributed by atoms with Gasteiger partial charge in [-0.05, 0) is 44.4 Å². The second-order valence-corrected chi connectivity index (χ2v) is 6.51. The van der Waals surface area contributed by atoms with Gasteiger partial charge in [0.15, 0.2) is 0 Å². The van der Waals surface area contributed by atoms with Crippen molar-refractivity contribution >= 4 is 11.9 Å². The fourth-order valence-electron chi connectivity index (χ4n) is 2.86. The second kappa shape index (κ2) is 6.92. The van der Waals surface area contributed by atoms with Crippen LogP contribution in [0.1, 0.15) is 53.4 Å². The van der Waals surface area contributed by atoms with E-state index >= 15 is 0 Å². The van der Waals surface area contributed by atoms with Crippen molar-refractivity contribution in [3.63, 3.8) is 0 Å². The fourth-order valence-corrected chi connectivity index (χ4v) is 2.86. The van der Waals surface area contributed by atoms with Gasteiger partial charge in [0.25, 0.3) is 0 Å². The van der Waals surface area contributed by atoms with Crippen LogP contribution < -0.4 is 5.32 Å². The molecule has 0 spiro atoms. The lowest BCUT2D eigenvalue weighted by Crippen LogP contribution is -2.40. The van der Waals surface area contributed by atoms with Gasteiger partial charge in [-0.3, -0.25) is 9.59 Å². The monoisotopic (exact) mass is 269 g/mol. The van der Waals surface area contributed by atoms with Gasteiger partial charge in [-0.1, -0.05) is 20.8 Å². The molecule has 1 saturated carbocycles. The third-order valence-corrected chi connectivity index (χ3v) is 4.02. The molecule has 1 amide bonds. The summed E-state index contributed by atoms with van der Waals surface area (Å²) in [6.45, 7) is 8.33. The highest BCUT2D eigenvalue weighted by Crippen LogP contribution is 2.36. The Morgan fingerprint density at radius 3 is 2.26 bits per heavy atom. The smallest absolute Gasteiger partial charge is 0.307 e. The van der Waals surface area contributed by atoms with E-state index in [0.29, 0.717) is 24.7 Å². The van der Waals surface area contributed by atoms with Crippen LogP contribution in [0, 0.1) is 23.7 Å². The van der Waals surface area contributed by atoms with E-state index in [2.05, 4.69) is 19.2 Å². The maximum atomic E-state index is 12.2. The molecule has 0 saturated heterocycles. The Kier molecular flexibility index (Phi) is 5.83. The van der Waals surface area contributed by atoms with Crippen molar-refractivity contribution in [3.05, 3.63) is 0 Å². The molecule has 4 unspecified atom stereocenters. The summed E-state index contributed by atoms with van der Waals surface area (Å²) in [4.78, 5) is 23.4. The first kappa shape index (κ1) is 16.0. The molecule has 0 aromatic heterocycles. The third kappa shape index (κ3) is 4.84. The van der Waals surface area contributed by atoms with Crippen molar-refractivity contribution < 1.29 is 14.7 Å². The number of hydrogen-bond acceptors (Lipinski definition) is 2. The molecule has 110 valence electrons. The molecule has 0 aromatic carbocycles. The number of aliphatic carboxylic acids is 1. The predicted octanol–water partition coefficient (Wildman–Crippen LogP) is 2.67. The van der Waals surface area contributed by atoms with Gasteiger partial charge in [-0.25, -0.2) is 0 Å². The standard InChI is InChI=1S/C15H27NO3/c1-9(2)5-6-11(4)16-14(17)12-7-10(3)8-13(12)15(18)19/h9-13H,5-8H2,1-4H3,(H,16,17)(H,18,19). The van der Waals surface area contributed by atoms with Gasteiger partial charge in [0.2, 0.25) is 5.91 Å². The number of carbonyl (C=O) groups excluding carboxylic acids is 1. The van der Waals surface area contributed by atoms with Crippen molar-refractivity contribution in [2.75, 3.05) is 0 Å². The van der Waals surface area contributed by atoms with Crippen LogP contribution in [0.15, 0.2) is 0 Å². The van der Waals surface area contributed by atoms with E-state index < -0.39 is 11.9 Å². The van der Waals surface area contributed by atoms with Crippen LogP contribution in [0.4, 0.5) is 0 Å². The quantitative estimate of drug-likeness (QED) is 0.779. The Balaban J connectivity index is 2.50. The molecule has 1 aliphatic rings. The number of carbonyl (C=O) groups is 2. The number of carboxylic acid groups (broad SMARTS) is 1. The van der Waals surface area contributed by atoms with Crippen LogP contribution in [-0.2, 0) is 9.59 Å². The minimum Gasteiger partial charge on any atom is -0.481 e.